The minimum atomic E-state index is 0.236. The van der Waals surface area contributed by atoms with Crippen molar-refractivity contribution in [3.8, 4) is 0 Å². The number of hydrogen-bond acceptors (Lipinski definition) is 1. The summed E-state index contributed by atoms with van der Waals surface area (Å²) in [7, 11) is 0. The van der Waals surface area contributed by atoms with Crippen LogP contribution in [0.4, 0.5) is 0 Å². The fourth-order valence-corrected chi connectivity index (χ4v) is 1.47. The van der Waals surface area contributed by atoms with Crippen LogP contribution in [0, 0.1) is 5.92 Å². The number of rotatable bonds is 0. The van der Waals surface area contributed by atoms with E-state index in [9.17, 15) is 5.21 Å². The molecule has 1 heterocycles. The van der Waals surface area contributed by atoms with E-state index in [1.165, 1.54) is 5.06 Å². The maximum Gasteiger partial charge on any atom is 0.0570 e. The van der Waals surface area contributed by atoms with E-state index in [1.807, 2.05) is 6.08 Å². The highest BCUT2D eigenvalue weighted by Gasteiger charge is 2.33. The van der Waals surface area contributed by atoms with E-state index in [1.54, 1.807) is 0 Å². The Bertz CT molecular complexity index is 132. The molecule has 1 saturated heterocycles. The molecule has 2 unspecified atom stereocenters. The van der Waals surface area contributed by atoms with Gasteiger partial charge >= 0.3 is 0 Å². The zero-order chi connectivity index (χ0) is 5.56. The van der Waals surface area contributed by atoms with Gasteiger partial charge in [0.1, 0.15) is 0 Å². The predicted octanol–water partition coefficient (Wildman–Crippen LogP) is 0.592. The highest BCUT2D eigenvalue weighted by molar-refractivity contribution is 5.10. The van der Waals surface area contributed by atoms with Crippen molar-refractivity contribution in [2.24, 2.45) is 5.92 Å². The summed E-state index contributed by atoms with van der Waals surface area (Å²) in [4.78, 5) is 0. The molecule has 0 amide bonds. The van der Waals surface area contributed by atoms with Crippen molar-refractivity contribution < 1.29 is 5.21 Å². The fraction of sp³-hybridized carbons (Fsp3) is 0.667. The molecule has 0 N–H and O–H groups in total. The van der Waals surface area contributed by atoms with Gasteiger partial charge in [-0.05, 0) is 12.3 Å². The minimum Gasteiger partial charge on any atom is -0.148 e. The molecule has 2 rings (SSSR count). The molecule has 8 heavy (non-hydrogen) atoms. The maximum absolute atomic E-state index is 10.7. The quantitative estimate of drug-likeness (QED) is 0.418. The molecular weight excluding hydrogens is 102 g/mol. The van der Waals surface area contributed by atoms with Crippen molar-refractivity contribution in [1.29, 1.82) is 0 Å². The Labute approximate surface area is 48.4 Å². The van der Waals surface area contributed by atoms with Crippen LogP contribution in [0.5, 0.6) is 0 Å². The van der Waals surface area contributed by atoms with Crippen LogP contribution in [-0.2, 0) is 5.21 Å². The normalized spacial score (nSPS) is 44.1. The van der Waals surface area contributed by atoms with Crippen LogP contribution in [0.3, 0.4) is 0 Å². The molecule has 0 aromatic heterocycles. The molecule has 1 radical (unpaired) electrons. The van der Waals surface area contributed by atoms with Gasteiger partial charge in [-0.15, -0.1) is 10.3 Å². The molecule has 0 spiro atoms. The molecule has 2 heteroatoms. The van der Waals surface area contributed by atoms with Crippen LogP contribution in [0.15, 0.2) is 12.2 Å². The lowest BCUT2D eigenvalue weighted by Gasteiger charge is -2.10. The smallest absolute Gasteiger partial charge is 0.0570 e. The van der Waals surface area contributed by atoms with Gasteiger partial charge in [0.05, 0.1) is 6.04 Å². The molecule has 2 aliphatic rings. The summed E-state index contributed by atoms with van der Waals surface area (Å²) in [6.45, 7) is 0.737. The Hall–Kier alpha value is -0.340. The van der Waals surface area contributed by atoms with Crippen molar-refractivity contribution in [3.05, 3.63) is 12.2 Å². The van der Waals surface area contributed by atoms with Gasteiger partial charge in [-0.25, -0.2) is 0 Å². The second kappa shape index (κ2) is 1.33. The van der Waals surface area contributed by atoms with E-state index in [4.69, 9.17) is 0 Å². The molecule has 1 aliphatic carbocycles. The molecule has 1 fully saturated rings. The number of fused-ring (bicyclic) bond motifs is 2. The van der Waals surface area contributed by atoms with Crippen LogP contribution in [0.1, 0.15) is 6.42 Å². The molecule has 0 saturated carbocycles. The number of hydroxylamine groups is 2. The van der Waals surface area contributed by atoms with E-state index in [2.05, 4.69) is 6.08 Å². The lowest BCUT2D eigenvalue weighted by atomic mass is 10.2. The Morgan fingerprint density at radius 1 is 1.50 bits per heavy atom. The third kappa shape index (κ3) is 0.443. The zero-order valence-corrected chi connectivity index (χ0v) is 4.58. The standard InChI is InChI=1S/C6H8NO/c8-7-4-5-1-2-6(7)3-5/h1-2,5-6H,3-4H2. The lowest BCUT2D eigenvalue weighted by molar-refractivity contribution is -0.159. The van der Waals surface area contributed by atoms with E-state index in [0.717, 1.165) is 13.0 Å². The van der Waals surface area contributed by atoms with E-state index in [0.29, 0.717) is 5.92 Å². The topological polar surface area (TPSA) is 23.1 Å². The van der Waals surface area contributed by atoms with Gasteiger partial charge in [0.15, 0.2) is 0 Å². The molecule has 2 bridgehead atoms. The molecule has 43 valence electrons. The monoisotopic (exact) mass is 110 g/mol. The largest absolute Gasteiger partial charge is 0.148 e. The highest BCUT2D eigenvalue weighted by atomic mass is 16.5. The SMILES string of the molecule is [O]N1CC2C=CC1C2. The van der Waals surface area contributed by atoms with Crippen molar-refractivity contribution >= 4 is 0 Å². The average molecular weight is 110 g/mol. The second-order valence-electron chi connectivity index (χ2n) is 2.55. The molecule has 2 nitrogen and oxygen atoms in total. The maximum atomic E-state index is 10.7. The first-order valence-corrected chi connectivity index (χ1v) is 2.98. The minimum absolute atomic E-state index is 0.236. The van der Waals surface area contributed by atoms with Gasteiger partial charge < -0.3 is 0 Å². The number of hydrogen-bond donors (Lipinski definition) is 0. The first kappa shape index (κ1) is 4.53. The third-order valence-electron chi connectivity index (χ3n) is 1.93. The Kier molecular flexibility index (Phi) is 0.754. The van der Waals surface area contributed by atoms with E-state index >= 15 is 0 Å². The van der Waals surface area contributed by atoms with E-state index in [-0.39, 0.29) is 6.04 Å². The summed E-state index contributed by atoms with van der Waals surface area (Å²) in [6, 6.07) is 0.236. The summed E-state index contributed by atoms with van der Waals surface area (Å²) in [5, 5.41) is 11.9. The van der Waals surface area contributed by atoms with Gasteiger partial charge in [-0.3, -0.25) is 0 Å². The van der Waals surface area contributed by atoms with Crippen LogP contribution >= 0.6 is 0 Å². The molecule has 0 aromatic rings. The molecule has 1 aliphatic heterocycles. The fourth-order valence-electron chi connectivity index (χ4n) is 1.47. The second-order valence-corrected chi connectivity index (χ2v) is 2.55. The van der Waals surface area contributed by atoms with Crippen LogP contribution in [0.25, 0.3) is 0 Å². The predicted molar refractivity (Wildman–Crippen MR) is 28.4 cm³/mol. The Balaban J connectivity index is 2.23. The number of nitrogens with zero attached hydrogens (tertiary/aromatic N) is 1. The summed E-state index contributed by atoms with van der Waals surface area (Å²) < 4.78 is 0. The lowest BCUT2D eigenvalue weighted by Crippen LogP contribution is -2.23. The Morgan fingerprint density at radius 3 is 2.62 bits per heavy atom. The first-order chi connectivity index (χ1) is 3.86. The molecular formula is C6H8NO. The zero-order valence-electron chi connectivity index (χ0n) is 4.58. The van der Waals surface area contributed by atoms with Crippen molar-refractivity contribution in [2.75, 3.05) is 6.54 Å². The Morgan fingerprint density at radius 2 is 2.38 bits per heavy atom. The first-order valence-electron chi connectivity index (χ1n) is 2.98. The molecule has 0 aromatic carbocycles. The van der Waals surface area contributed by atoms with Gasteiger partial charge in [0, 0.05) is 6.54 Å². The summed E-state index contributed by atoms with van der Waals surface area (Å²) in [6.07, 6.45) is 5.24. The van der Waals surface area contributed by atoms with Gasteiger partial charge in [-0.1, -0.05) is 12.2 Å². The van der Waals surface area contributed by atoms with Crippen LogP contribution in [0.2, 0.25) is 0 Å². The highest BCUT2D eigenvalue weighted by Crippen LogP contribution is 2.29. The van der Waals surface area contributed by atoms with Crippen molar-refractivity contribution in [2.45, 2.75) is 12.5 Å². The van der Waals surface area contributed by atoms with Crippen molar-refractivity contribution in [3.63, 3.8) is 0 Å². The third-order valence-corrected chi connectivity index (χ3v) is 1.93. The summed E-state index contributed by atoms with van der Waals surface area (Å²) in [5.74, 6) is 0.581. The molecule has 2 atom stereocenters. The van der Waals surface area contributed by atoms with Crippen molar-refractivity contribution in [1.82, 2.24) is 5.06 Å². The summed E-state index contributed by atoms with van der Waals surface area (Å²) in [5.41, 5.74) is 0. The van der Waals surface area contributed by atoms with E-state index < -0.39 is 0 Å². The average Bonchev–Trinajstić information content (AvgIpc) is 2.23. The van der Waals surface area contributed by atoms with Gasteiger partial charge in [-0.2, -0.15) is 0 Å². The van der Waals surface area contributed by atoms with Crippen LogP contribution < -0.4 is 0 Å². The van der Waals surface area contributed by atoms with Gasteiger partial charge in [0.25, 0.3) is 0 Å². The van der Waals surface area contributed by atoms with Crippen LogP contribution in [-0.4, -0.2) is 17.6 Å². The summed E-state index contributed by atoms with van der Waals surface area (Å²) >= 11 is 0. The van der Waals surface area contributed by atoms with Gasteiger partial charge in [0.2, 0.25) is 0 Å².